The van der Waals surface area contributed by atoms with Crippen molar-refractivity contribution in [3.8, 4) is 0 Å². The molecule has 0 aromatic heterocycles. The first-order valence-corrected chi connectivity index (χ1v) is 7.33. The van der Waals surface area contributed by atoms with Gasteiger partial charge in [-0.05, 0) is 31.0 Å². The van der Waals surface area contributed by atoms with Gasteiger partial charge < -0.3 is 5.11 Å². The Morgan fingerprint density at radius 1 is 1.05 bits per heavy atom. The number of carbonyl (C=O) groups is 1. The third-order valence-electron chi connectivity index (χ3n) is 3.89. The number of aryl methyl sites for hydroxylation is 1. The molecule has 1 N–H and O–H groups in total. The van der Waals surface area contributed by atoms with Gasteiger partial charge in [0.25, 0.3) is 0 Å². The summed E-state index contributed by atoms with van der Waals surface area (Å²) in [6.07, 6.45) is 0.975. The molecule has 0 unspecified atom stereocenters. The number of hydrogen-bond donors (Lipinski definition) is 1. The summed E-state index contributed by atoms with van der Waals surface area (Å²) in [5.74, 6) is -0.147. The molecule has 0 amide bonds. The van der Waals surface area contributed by atoms with Crippen molar-refractivity contribution in [3.05, 3.63) is 70.8 Å². The van der Waals surface area contributed by atoms with Crippen LogP contribution in [0.5, 0.6) is 0 Å². The van der Waals surface area contributed by atoms with Crippen LogP contribution in [0.25, 0.3) is 5.76 Å². The molecule has 0 atom stereocenters. The summed E-state index contributed by atoms with van der Waals surface area (Å²) in [5, 5.41) is 10.3. The first-order valence-electron chi connectivity index (χ1n) is 7.33. The Morgan fingerprint density at radius 3 is 2.27 bits per heavy atom. The molecule has 2 aromatic carbocycles. The molecule has 0 spiro atoms. The molecular weight excluding hydrogens is 274 g/mol. The Bertz CT molecular complexity index is 798. The van der Waals surface area contributed by atoms with Crippen molar-refractivity contribution in [3.63, 3.8) is 0 Å². The first-order chi connectivity index (χ1) is 10.6. The minimum absolute atomic E-state index is 0.0204. The third-order valence-corrected chi connectivity index (χ3v) is 3.89. The van der Waals surface area contributed by atoms with Crippen molar-refractivity contribution in [1.29, 1.82) is 0 Å². The average molecular weight is 291 g/mol. The van der Waals surface area contributed by atoms with Crippen LogP contribution in [-0.2, 0) is 6.42 Å². The third kappa shape index (κ3) is 2.35. The molecular formula is C19H17NO2. The van der Waals surface area contributed by atoms with E-state index in [1.807, 2.05) is 24.3 Å². The predicted octanol–water partition coefficient (Wildman–Crippen LogP) is 4.51. The van der Waals surface area contributed by atoms with E-state index in [-0.39, 0.29) is 11.5 Å². The lowest BCUT2D eigenvalue weighted by Gasteiger charge is -2.03. The Hall–Kier alpha value is -2.68. The smallest absolute Gasteiger partial charge is 0.199 e. The minimum atomic E-state index is -0.167. The number of Topliss-reactive ketones (excluding diaryl/α,β-unsaturated/α-hetero) is 1. The summed E-state index contributed by atoms with van der Waals surface area (Å²) in [5.41, 5.74) is 3.95. The largest absolute Gasteiger partial charge is 0.506 e. The van der Waals surface area contributed by atoms with Gasteiger partial charge in [-0.3, -0.25) is 9.79 Å². The van der Waals surface area contributed by atoms with Gasteiger partial charge in [-0.1, -0.05) is 43.3 Å². The van der Waals surface area contributed by atoms with Crippen molar-refractivity contribution in [2.24, 2.45) is 4.99 Å². The van der Waals surface area contributed by atoms with Gasteiger partial charge >= 0.3 is 0 Å². The van der Waals surface area contributed by atoms with Gasteiger partial charge in [0, 0.05) is 11.1 Å². The number of nitrogens with zero attached hydrogens (tertiary/aromatic N) is 1. The number of aliphatic imine (C=N–C) groups is 1. The van der Waals surface area contributed by atoms with Gasteiger partial charge in [0.2, 0.25) is 0 Å². The molecule has 0 heterocycles. The normalized spacial score (nSPS) is 14.5. The second kappa shape index (κ2) is 5.60. The summed E-state index contributed by atoms with van der Waals surface area (Å²) < 4.78 is 0. The predicted molar refractivity (Wildman–Crippen MR) is 88.9 cm³/mol. The van der Waals surface area contributed by atoms with E-state index >= 15 is 0 Å². The first kappa shape index (κ1) is 14.3. The summed E-state index contributed by atoms with van der Waals surface area (Å²) in [6, 6.07) is 15.0. The lowest BCUT2D eigenvalue weighted by Crippen LogP contribution is -2.07. The van der Waals surface area contributed by atoms with E-state index in [9.17, 15) is 9.90 Å². The summed E-state index contributed by atoms with van der Waals surface area (Å²) in [6.45, 7) is 3.85. The minimum Gasteiger partial charge on any atom is -0.506 e. The Balaban J connectivity index is 1.98. The van der Waals surface area contributed by atoms with Gasteiger partial charge in [-0.2, -0.15) is 0 Å². The van der Waals surface area contributed by atoms with Crippen molar-refractivity contribution < 1.29 is 9.90 Å². The van der Waals surface area contributed by atoms with E-state index in [1.54, 1.807) is 31.2 Å². The van der Waals surface area contributed by atoms with Crippen LogP contribution >= 0.6 is 0 Å². The van der Waals surface area contributed by atoms with Crippen LogP contribution in [0.15, 0.2) is 59.1 Å². The molecule has 110 valence electrons. The van der Waals surface area contributed by atoms with Crippen LogP contribution in [0.4, 0.5) is 5.69 Å². The Kier molecular flexibility index (Phi) is 3.63. The quantitative estimate of drug-likeness (QED) is 0.846. The zero-order valence-corrected chi connectivity index (χ0v) is 12.6. The molecule has 0 saturated carbocycles. The lowest BCUT2D eigenvalue weighted by molar-refractivity contribution is 0.104. The van der Waals surface area contributed by atoms with Crippen molar-refractivity contribution >= 4 is 22.9 Å². The van der Waals surface area contributed by atoms with Gasteiger partial charge in [0.15, 0.2) is 5.78 Å². The summed E-state index contributed by atoms with van der Waals surface area (Å²) >= 11 is 0. The number of rotatable bonds is 3. The topological polar surface area (TPSA) is 49.7 Å². The van der Waals surface area contributed by atoms with Crippen molar-refractivity contribution in [2.75, 3.05) is 0 Å². The highest BCUT2D eigenvalue weighted by molar-refractivity contribution is 6.35. The standard InChI is InChI=1S/C19H17NO2/c1-3-13-8-10-14(11-9-13)20-12(2)17-18(21)15-6-4-5-7-16(15)19(17)22/h4-11,21H,3H2,1-2H3. The van der Waals surface area contributed by atoms with E-state index in [1.165, 1.54) is 5.56 Å². The number of hydrogen-bond acceptors (Lipinski definition) is 3. The zero-order valence-electron chi connectivity index (χ0n) is 12.6. The number of aliphatic hydroxyl groups excluding tert-OH is 1. The molecule has 2 aromatic rings. The van der Waals surface area contributed by atoms with E-state index in [4.69, 9.17) is 0 Å². The van der Waals surface area contributed by atoms with Crippen LogP contribution < -0.4 is 0 Å². The highest BCUT2D eigenvalue weighted by atomic mass is 16.3. The highest BCUT2D eigenvalue weighted by Crippen LogP contribution is 2.32. The number of fused-ring (bicyclic) bond motifs is 1. The number of benzene rings is 2. The van der Waals surface area contributed by atoms with E-state index in [0.717, 1.165) is 12.1 Å². The van der Waals surface area contributed by atoms with E-state index in [2.05, 4.69) is 11.9 Å². The van der Waals surface area contributed by atoms with Crippen LogP contribution in [0.2, 0.25) is 0 Å². The molecule has 0 radical (unpaired) electrons. The molecule has 0 fully saturated rings. The van der Waals surface area contributed by atoms with Gasteiger partial charge in [-0.25, -0.2) is 0 Å². The van der Waals surface area contributed by atoms with E-state index < -0.39 is 0 Å². The average Bonchev–Trinajstić information content (AvgIpc) is 2.80. The number of aliphatic hydroxyl groups is 1. The van der Waals surface area contributed by atoms with Gasteiger partial charge in [-0.15, -0.1) is 0 Å². The van der Waals surface area contributed by atoms with E-state index in [0.29, 0.717) is 22.4 Å². The molecule has 3 nitrogen and oxygen atoms in total. The molecule has 3 heteroatoms. The maximum absolute atomic E-state index is 12.4. The maximum Gasteiger partial charge on any atom is 0.199 e. The van der Waals surface area contributed by atoms with Crippen molar-refractivity contribution in [2.45, 2.75) is 20.3 Å². The SMILES string of the molecule is CCc1ccc(N=C(C)C2=C(O)c3ccccc3C2=O)cc1. The van der Waals surface area contributed by atoms with Gasteiger partial charge in [0.05, 0.1) is 17.0 Å². The second-order valence-corrected chi connectivity index (χ2v) is 5.32. The molecule has 1 aliphatic rings. The summed E-state index contributed by atoms with van der Waals surface area (Å²) in [4.78, 5) is 16.9. The fourth-order valence-corrected chi connectivity index (χ4v) is 2.66. The lowest BCUT2D eigenvalue weighted by atomic mass is 10.1. The van der Waals surface area contributed by atoms with Crippen LogP contribution in [0.3, 0.4) is 0 Å². The van der Waals surface area contributed by atoms with Gasteiger partial charge in [0.1, 0.15) is 5.76 Å². The monoisotopic (exact) mass is 291 g/mol. The number of ketones is 1. The second-order valence-electron chi connectivity index (χ2n) is 5.32. The highest BCUT2D eigenvalue weighted by Gasteiger charge is 2.30. The van der Waals surface area contributed by atoms with Crippen LogP contribution in [0.1, 0.15) is 35.3 Å². The van der Waals surface area contributed by atoms with Crippen molar-refractivity contribution in [1.82, 2.24) is 0 Å². The number of allylic oxidation sites excluding steroid dienone is 1. The number of carbonyl (C=O) groups excluding carboxylic acids is 1. The van der Waals surface area contributed by atoms with Crippen LogP contribution in [-0.4, -0.2) is 16.6 Å². The Labute approximate surface area is 129 Å². The maximum atomic E-state index is 12.4. The molecule has 0 bridgehead atoms. The van der Waals surface area contributed by atoms with Crippen LogP contribution in [0, 0.1) is 0 Å². The zero-order chi connectivity index (χ0) is 15.7. The molecule has 0 saturated heterocycles. The Morgan fingerprint density at radius 2 is 1.68 bits per heavy atom. The summed E-state index contributed by atoms with van der Waals surface area (Å²) in [7, 11) is 0. The fraction of sp³-hybridized carbons (Fsp3) is 0.158. The fourth-order valence-electron chi connectivity index (χ4n) is 2.66. The molecule has 22 heavy (non-hydrogen) atoms. The molecule has 3 rings (SSSR count). The molecule has 0 aliphatic heterocycles. The molecule has 1 aliphatic carbocycles.